The molecule has 0 aliphatic rings. The Morgan fingerprint density at radius 1 is 1.18 bits per heavy atom. The fraction of sp³-hybridized carbons (Fsp3) is 0.167. The number of nitrogens with zero attached hydrogens (tertiary/aromatic N) is 2. The molecule has 0 spiro atoms. The van der Waals surface area contributed by atoms with Gasteiger partial charge in [-0.05, 0) is 36.8 Å². The largest absolute Gasteiger partial charge is 0.321 e. The number of pyridine rings is 1. The molecule has 2 amide bonds. The minimum atomic E-state index is -3.93. The van der Waals surface area contributed by atoms with Crippen molar-refractivity contribution in [1.82, 2.24) is 14.1 Å². The second-order valence-electron chi connectivity index (χ2n) is 5.97. The number of imidazole rings is 1. The standard InChI is InChI=1S/C18H17ClN4O4S/c1-3-15-17(23-9-8-12(19)10-16(23)21-15)18(25)20-13-4-6-14(7-5-13)28(26,27)22-11(2)24/h4-10H,3H2,1-2H3,(H,20,25)(H,22,24). The van der Waals surface area contributed by atoms with Crippen LogP contribution in [0.4, 0.5) is 5.69 Å². The van der Waals surface area contributed by atoms with Crippen molar-refractivity contribution in [3.63, 3.8) is 0 Å². The molecular weight excluding hydrogens is 404 g/mol. The third kappa shape index (κ3) is 4.00. The van der Waals surface area contributed by atoms with Crippen LogP contribution < -0.4 is 10.0 Å². The summed E-state index contributed by atoms with van der Waals surface area (Å²) in [5, 5.41) is 3.25. The smallest absolute Gasteiger partial charge is 0.274 e. The molecule has 3 aromatic rings. The van der Waals surface area contributed by atoms with Crippen molar-refractivity contribution in [2.45, 2.75) is 25.2 Å². The van der Waals surface area contributed by atoms with Gasteiger partial charge in [0.05, 0.1) is 10.6 Å². The van der Waals surface area contributed by atoms with E-state index in [1.807, 2.05) is 11.6 Å². The van der Waals surface area contributed by atoms with Gasteiger partial charge in [0.2, 0.25) is 5.91 Å². The van der Waals surface area contributed by atoms with Crippen LogP contribution in [0.25, 0.3) is 5.65 Å². The number of aromatic nitrogens is 2. The van der Waals surface area contributed by atoms with Gasteiger partial charge in [0.15, 0.2) is 0 Å². The van der Waals surface area contributed by atoms with Crippen molar-refractivity contribution in [2.24, 2.45) is 0 Å². The minimum absolute atomic E-state index is 0.0839. The summed E-state index contributed by atoms with van der Waals surface area (Å²) in [5.74, 6) is -1.07. The van der Waals surface area contributed by atoms with E-state index in [2.05, 4.69) is 10.3 Å². The third-order valence-electron chi connectivity index (χ3n) is 3.91. The average molecular weight is 421 g/mol. The molecule has 2 aromatic heterocycles. The molecule has 0 aliphatic heterocycles. The molecule has 0 fully saturated rings. The Bertz CT molecular complexity index is 1170. The zero-order chi connectivity index (χ0) is 20.5. The number of hydrogen-bond acceptors (Lipinski definition) is 5. The van der Waals surface area contributed by atoms with Crippen LogP contribution in [0, 0.1) is 0 Å². The van der Waals surface area contributed by atoms with Gasteiger partial charge in [0, 0.05) is 29.9 Å². The molecule has 2 heterocycles. The van der Waals surface area contributed by atoms with Gasteiger partial charge in [-0.1, -0.05) is 18.5 Å². The highest BCUT2D eigenvalue weighted by Crippen LogP contribution is 2.20. The first-order valence-corrected chi connectivity index (χ1v) is 10.2. The van der Waals surface area contributed by atoms with Gasteiger partial charge in [0.25, 0.3) is 15.9 Å². The summed E-state index contributed by atoms with van der Waals surface area (Å²) in [7, 11) is -3.93. The molecule has 0 atom stereocenters. The lowest BCUT2D eigenvalue weighted by Crippen LogP contribution is -2.28. The number of amides is 2. The first-order valence-electron chi connectivity index (χ1n) is 8.32. The van der Waals surface area contributed by atoms with Crippen LogP contribution in [0.15, 0.2) is 47.5 Å². The van der Waals surface area contributed by atoms with Crippen LogP contribution in [0.3, 0.4) is 0 Å². The highest BCUT2D eigenvalue weighted by atomic mass is 35.5. The Morgan fingerprint density at radius 3 is 2.46 bits per heavy atom. The Morgan fingerprint density at radius 2 is 1.86 bits per heavy atom. The average Bonchev–Trinajstić information content (AvgIpc) is 2.98. The molecule has 3 rings (SSSR count). The Kier molecular flexibility index (Phi) is 5.39. The number of fused-ring (bicyclic) bond motifs is 1. The number of hydrogen-bond donors (Lipinski definition) is 2. The fourth-order valence-corrected chi connectivity index (χ4v) is 3.86. The maximum Gasteiger partial charge on any atom is 0.274 e. The number of benzene rings is 1. The summed E-state index contributed by atoms with van der Waals surface area (Å²) < 4.78 is 27.5. The molecule has 0 radical (unpaired) electrons. The van der Waals surface area contributed by atoms with Gasteiger partial charge in [0.1, 0.15) is 11.3 Å². The SMILES string of the molecule is CCc1nc2cc(Cl)ccn2c1C(=O)Nc1ccc(S(=O)(=O)NC(C)=O)cc1. The summed E-state index contributed by atoms with van der Waals surface area (Å²) in [6, 6.07) is 8.82. The van der Waals surface area contributed by atoms with Crippen molar-refractivity contribution in [3.8, 4) is 0 Å². The molecule has 0 unspecified atom stereocenters. The number of sulfonamides is 1. The van der Waals surface area contributed by atoms with Crippen molar-refractivity contribution in [2.75, 3.05) is 5.32 Å². The number of carbonyl (C=O) groups is 2. The van der Waals surface area contributed by atoms with Crippen LogP contribution in [-0.4, -0.2) is 29.6 Å². The Balaban J connectivity index is 1.88. The maximum atomic E-state index is 12.8. The number of anilines is 1. The summed E-state index contributed by atoms with van der Waals surface area (Å²) in [6.45, 7) is 3.00. The van der Waals surface area contributed by atoms with Crippen LogP contribution in [0.5, 0.6) is 0 Å². The topological polar surface area (TPSA) is 110 Å². The second-order valence-corrected chi connectivity index (χ2v) is 8.09. The number of aryl methyl sites for hydroxylation is 1. The summed E-state index contributed by atoms with van der Waals surface area (Å²) in [6.07, 6.45) is 2.22. The van der Waals surface area contributed by atoms with Crippen molar-refractivity contribution in [1.29, 1.82) is 0 Å². The molecule has 8 nitrogen and oxygen atoms in total. The van der Waals surface area contributed by atoms with E-state index < -0.39 is 15.9 Å². The highest BCUT2D eigenvalue weighted by Gasteiger charge is 2.19. The molecule has 0 saturated carbocycles. The maximum absolute atomic E-state index is 12.8. The fourth-order valence-electron chi connectivity index (χ4n) is 2.71. The van der Waals surface area contributed by atoms with E-state index in [1.54, 1.807) is 22.7 Å². The van der Waals surface area contributed by atoms with Crippen molar-refractivity contribution < 1.29 is 18.0 Å². The molecular formula is C18H17ClN4O4S. The lowest BCUT2D eigenvalue weighted by molar-refractivity contribution is -0.117. The van der Waals surface area contributed by atoms with E-state index in [0.29, 0.717) is 34.2 Å². The molecule has 146 valence electrons. The van der Waals surface area contributed by atoms with Gasteiger partial charge in [-0.2, -0.15) is 0 Å². The predicted molar refractivity (Wildman–Crippen MR) is 105 cm³/mol. The van der Waals surface area contributed by atoms with Crippen LogP contribution >= 0.6 is 11.6 Å². The van der Waals surface area contributed by atoms with Crippen molar-refractivity contribution >= 4 is 44.8 Å². The summed E-state index contributed by atoms with van der Waals surface area (Å²) >= 11 is 5.99. The Labute approximate surface area is 166 Å². The normalized spacial score (nSPS) is 11.4. The third-order valence-corrected chi connectivity index (χ3v) is 5.59. The molecule has 0 bridgehead atoms. The number of halogens is 1. The van der Waals surface area contributed by atoms with Crippen LogP contribution in [-0.2, 0) is 21.2 Å². The van der Waals surface area contributed by atoms with E-state index in [4.69, 9.17) is 11.6 Å². The quantitative estimate of drug-likeness (QED) is 0.659. The lowest BCUT2D eigenvalue weighted by atomic mass is 10.2. The van der Waals surface area contributed by atoms with E-state index in [1.165, 1.54) is 24.3 Å². The van der Waals surface area contributed by atoms with Gasteiger partial charge in [-0.3, -0.25) is 14.0 Å². The molecule has 10 heteroatoms. The summed E-state index contributed by atoms with van der Waals surface area (Å²) in [4.78, 5) is 28.1. The van der Waals surface area contributed by atoms with Gasteiger partial charge in [-0.15, -0.1) is 0 Å². The van der Waals surface area contributed by atoms with E-state index in [9.17, 15) is 18.0 Å². The van der Waals surface area contributed by atoms with Crippen LogP contribution in [0.2, 0.25) is 5.02 Å². The van der Waals surface area contributed by atoms with Crippen molar-refractivity contribution in [3.05, 3.63) is 59.0 Å². The molecule has 0 saturated heterocycles. The van der Waals surface area contributed by atoms with Gasteiger partial charge >= 0.3 is 0 Å². The first kappa shape index (κ1) is 19.8. The van der Waals surface area contributed by atoms with Crippen LogP contribution in [0.1, 0.15) is 30.0 Å². The summed E-state index contributed by atoms with van der Waals surface area (Å²) in [5.41, 5.74) is 1.96. The predicted octanol–water partition coefficient (Wildman–Crippen LogP) is 2.63. The number of carbonyl (C=O) groups excluding carboxylic acids is 2. The first-order chi connectivity index (χ1) is 13.2. The van der Waals surface area contributed by atoms with Gasteiger partial charge in [-0.25, -0.2) is 18.1 Å². The Hall–Kier alpha value is -2.91. The minimum Gasteiger partial charge on any atom is -0.321 e. The zero-order valence-corrected chi connectivity index (χ0v) is 16.6. The number of rotatable bonds is 5. The molecule has 1 aromatic carbocycles. The molecule has 28 heavy (non-hydrogen) atoms. The molecule has 2 N–H and O–H groups in total. The molecule has 0 aliphatic carbocycles. The number of nitrogens with one attached hydrogen (secondary N) is 2. The highest BCUT2D eigenvalue weighted by molar-refractivity contribution is 7.90. The van der Waals surface area contributed by atoms with E-state index in [-0.39, 0.29) is 10.8 Å². The van der Waals surface area contributed by atoms with E-state index in [0.717, 1.165) is 6.92 Å². The van der Waals surface area contributed by atoms with E-state index >= 15 is 0 Å². The monoisotopic (exact) mass is 420 g/mol. The lowest BCUT2D eigenvalue weighted by Gasteiger charge is -2.08. The second kappa shape index (κ2) is 7.61. The zero-order valence-electron chi connectivity index (χ0n) is 15.1. The van der Waals surface area contributed by atoms with Gasteiger partial charge < -0.3 is 5.32 Å².